The topological polar surface area (TPSA) is 200 Å². The van der Waals surface area contributed by atoms with Crippen molar-refractivity contribution in [1.29, 1.82) is 0 Å². The number of fused-ring (bicyclic) bond motifs is 1. The molecule has 0 radical (unpaired) electrons. The van der Waals surface area contributed by atoms with Crippen LogP contribution in [0.2, 0.25) is 10.3 Å². The summed E-state index contributed by atoms with van der Waals surface area (Å²) in [4.78, 5) is 20.0. The van der Waals surface area contributed by atoms with Crippen molar-refractivity contribution in [3.63, 3.8) is 0 Å². The summed E-state index contributed by atoms with van der Waals surface area (Å²) in [5, 5.41) is 21.7. The smallest absolute Gasteiger partial charge is 0.223 e. The Balaban J connectivity index is 0.000000165. The molecule has 0 saturated heterocycles. The van der Waals surface area contributed by atoms with E-state index in [1.54, 1.807) is 6.33 Å². The van der Waals surface area contributed by atoms with Crippen molar-refractivity contribution in [1.82, 2.24) is 29.5 Å². The SMILES string of the molecule is Nc1nc(Cl)c(N)c(N[C@H]2C=C[C@@H](CO)C2)n1.Nc1nc(Cl)c2ncn(C3C=C[C@@H](CO)C3)c2n1. The van der Waals surface area contributed by atoms with Crippen molar-refractivity contribution in [3.05, 3.63) is 40.9 Å². The summed E-state index contributed by atoms with van der Waals surface area (Å²) in [7, 11) is 0. The largest absolute Gasteiger partial charge is 0.396 e. The highest BCUT2D eigenvalue weighted by atomic mass is 35.5. The molecule has 9 N–H and O–H groups in total. The number of halogens is 2. The zero-order valence-corrected chi connectivity index (χ0v) is 20.1. The summed E-state index contributed by atoms with van der Waals surface area (Å²) >= 11 is 11.8. The van der Waals surface area contributed by atoms with Crippen molar-refractivity contribution in [3.8, 4) is 0 Å². The van der Waals surface area contributed by atoms with Crippen LogP contribution in [0.25, 0.3) is 11.2 Å². The molecule has 0 saturated carbocycles. The molecule has 14 heteroatoms. The van der Waals surface area contributed by atoms with Gasteiger partial charge in [-0.15, -0.1) is 0 Å². The quantitative estimate of drug-likeness (QED) is 0.211. The summed E-state index contributed by atoms with van der Waals surface area (Å²) < 4.78 is 1.91. The van der Waals surface area contributed by atoms with Gasteiger partial charge in [-0.25, -0.2) is 4.98 Å². The Morgan fingerprint density at radius 1 is 0.886 bits per heavy atom. The molecule has 0 bridgehead atoms. The highest BCUT2D eigenvalue weighted by Gasteiger charge is 2.23. The highest BCUT2D eigenvalue weighted by molar-refractivity contribution is 6.33. The van der Waals surface area contributed by atoms with Gasteiger partial charge >= 0.3 is 0 Å². The van der Waals surface area contributed by atoms with E-state index in [1.807, 2.05) is 28.9 Å². The number of aliphatic hydroxyl groups is 2. The average Bonchev–Trinajstić information content (AvgIpc) is 3.56. The molecular formula is C21H26Cl2N10O2. The van der Waals surface area contributed by atoms with Gasteiger partial charge in [-0.05, 0) is 12.8 Å². The first kappa shape index (κ1) is 24.9. The fourth-order valence-electron chi connectivity index (χ4n) is 4.00. The standard InChI is InChI=1S/C11H12ClN5O.C10H14ClN5O/c12-9-8-10(16-11(13)15-9)17(5-14-8)7-2-1-6(3-7)4-18;11-8-7(12)9(16-10(13)15-8)14-6-2-1-5(3-6)4-17/h1-2,5-7,18H,3-4H2,(H2,13,15,16);1-2,5-6,17H,3-4,12H2,(H3,13,14,15,16)/t6-,7?;5-,6+/m11/s1. The van der Waals surface area contributed by atoms with E-state index in [4.69, 9.17) is 50.6 Å². The van der Waals surface area contributed by atoms with E-state index in [0.717, 1.165) is 12.8 Å². The lowest BCUT2D eigenvalue weighted by Gasteiger charge is -2.15. The number of nitrogen functional groups attached to an aromatic ring is 3. The van der Waals surface area contributed by atoms with E-state index in [9.17, 15) is 0 Å². The first-order valence-corrected chi connectivity index (χ1v) is 11.6. The lowest BCUT2D eigenvalue weighted by molar-refractivity contribution is 0.244. The normalized spacial score (nSPS) is 23.0. The summed E-state index contributed by atoms with van der Waals surface area (Å²) in [5.74, 6) is 0.989. The van der Waals surface area contributed by atoms with Crippen LogP contribution < -0.4 is 22.5 Å². The van der Waals surface area contributed by atoms with Crippen molar-refractivity contribution >= 4 is 57.8 Å². The number of nitrogens with two attached hydrogens (primary N) is 3. The number of nitrogens with one attached hydrogen (secondary N) is 1. The van der Waals surface area contributed by atoms with E-state index in [-0.39, 0.29) is 65.0 Å². The van der Waals surface area contributed by atoms with Crippen LogP contribution in [0, 0.1) is 11.8 Å². The molecule has 1 unspecified atom stereocenters. The predicted octanol–water partition coefficient (Wildman–Crippen LogP) is 1.81. The van der Waals surface area contributed by atoms with Gasteiger partial charge in [0.25, 0.3) is 0 Å². The van der Waals surface area contributed by atoms with Crippen molar-refractivity contribution in [2.24, 2.45) is 11.8 Å². The number of imidazole rings is 1. The molecule has 3 aromatic heterocycles. The Morgan fingerprint density at radius 3 is 2.23 bits per heavy atom. The van der Waals surface area contributed by atoms with Gasteiger partial charge in [-0.2, -0.15) is 19.9 Å². The second kappa shape index (κ2) is 10.6. The molecule has 12 nitrogen and oxygen atoms in total. The van der Waals surface area contributed by atoms with E-state index in [2.05, 4.69) is 30.2 Å². The van der Waals surface area contributed by atoms with Gasteiger partial charge in [0.05, 0.1) is 12.4 Å². The minimum absolute atomic E-state index is 0.0693. The first-order valence-electron chi connectivity index (χ1n) is 10.9. The van der Waals surface area contributed by atoms with Crippen LogP contribution in [0.3, 0.4) is 0 Å². The van der Waals surface area contributed by atoms with Crippen LogP contribution in [0.5, 0.6) is 0 Å². The Labute approximate surface area is 210 Å². The molecule has 0 aromatic carbocycles. The van der Waals surface area contributed by atoms with Gasteiger partial charge < -0.3 is 37.3 Å². The molecule has 2 aliphatic rings. The molecule has 186 valence electrons. The van der Waals surface area contributed by atoms with Gasteiger partial charge in [-0.3, -0.25) is 0 Å². The van der Waals surface area contributed by atoms with Crippen molar-refractivity contribution in [2.75, 3.05) is 35.7 Å². The Bertz CT molecular complexity index is 1260. The molecular weight excluding hydrogens is 495 g/mol. The van der Waals surface area contributed by atoms with Crippen LogP contribution in [0.15, 0.2) is 30.6 Å². The van der Waals surface area contributed by atoms with Crippen LogP contribution in [0.4, 0.5) is 23.4 Å². The van der Waals surface area contributed by atoms with Gasteiger partial charge in [0.15, 0.2) is 21.8 Å². The third kappa shape index (κ3) is 5.56. The lowest BCUT2D eigenvalue weighted by Crippen LogP contribution is -2.19. The Morgan fingerprint density at radius 2 is 1.54 bits per heavy atom. The molecule has 0 fully saturated rings. The number of hydrogen-bond acceptors (Lipinski definition) is 11. The molecule has 0 spiro atoms. The number of aliphatic hydroxyl groups excluding tert-OH is 2. The third-order valence-corrected chi connectivity index (χ3v) is 6.33. The summed E-state index contributed by atoms with van der Waals surface area (Å²) in [6, 6.07) is 0.192. The Hall–Kier alpha value is -3.19. The molecule has 5 rings (SSSR count). The molecule has 4 atom stereocenters. The monoisotopic (exact) mass is 520 g/mol. The molecule has 2 aliphatic carbocycles. The zero-order chi connectivity index (χ0) is 25.1. The number of rotatable bonds is 5. The van der Waals surface area contributed by atoms with Crippen LogP contribution in [-0.4, -0.2) is 59.0 Å². The van der Waals surface area contributed by atoms with Gasteiger partial charge in [0, 0.05) is 31.1 Å². The van der Waals surface area contributed by atoms with E-state index in [1.165, 1.54) is 0 Å². The van der Waals surface area contributed by atoms with E-state index in [0.29, 0.717) is 17.0 Å². The maximum atomic E-state index is 9.14. The fourth-order valence-corrected chi connectivity index (χ4v) is 4.39. The highest BCUT2D eigenvalue weighted by Crippen LogP contribution is 2.31. The predicted molar refractivity (Wildman–Crippen MR) is 136 cm³/mol. The second-order valence-electron chi connectivity index (χ2n) is 8.28. The van der Waals surface area contributed by atoms with Crippen LogP contribution >= 0.6 is 23.2 Å². The minimum atomic E-state index is 0.0693. The number of anilines is 4. The minimum Gasteiger partial charge on any atom is -0.396 e. The van der Waals surface area contributed by atoms with Crippen LogP contribution in [-0.2, 0) is 0 Å². The zero-order valence-electron chi connectivity index (χ0n) is 18.6. The number of allylic oxidation sites excluding steroid dienone is 1. The lowest BCUT2D eigenvalue weighted by atomic mass is 10.1. The van der Waals surface area contributed by atoms with Gasteiger partial charge in [0.1, 0.15) is 11.2 Å². The van der Waals surface area contributed by atoms with Gasteiger partial charge in [-0.1, -0.05) is 47.5 Å². The third-order valence-electron chi connectivity index (χ3n) is 5.78. The maximum absolute atomic E-state index is 9.14. The second-order valence-corrected chi connectivity index (χ2v) is 8.99. The van der Waals surface area contributed by atoms with Crippen LogP contribution in [0.1, 0.15) is 18.9 Å². The summed E-state index contributed by atoms with van der Waals surface area (Å²) in [5.41, 5.74) is 18.3. The van der Waals surface area contributed by atoms with E-state index >= 15 is 0 Å². The van der Waals surface area contributed by atoms with E-state index < -0.39 is 0 Å². The number of hydrogen-bond donors (Lipinski definition) is 6. The average molecular weight is 521 g/mol. The molecule has 35 heavy (non-hydrogen) atoms. The van der Waals surface area contributed by atoms with Gasteiger partial charge in [0.2, 0.25) is 11.9 Å². The molecule has 0 aliphatic heterocycles. The molecule has 3 aromatic rings. The molecule has 0 amide bonds. The van der Waals surface area contributed by atoms with Crippen molar-refractivity contribution < 1.29 is 10.2 Å². The van der Waals surface area contributed by atoms with Crippen molar-refractivity contribution in [2.45, 2.75) is 24.9 Å². The fraction of sp³-hybridized carbons (Fsp3) is 0.381. The summed E-state index contributed by atoms with van der Waals surface area (Å²) in [6.45, 7) is 0.286. The maximum Gasteiger partial charge on any atom is 0.223 e. The summed E-state index contributed by atoms with van der Waals surface area (Å²) in [6.07, 6.45) is 11.3. The Kier molecular flexibility index (Phi) is 7.55. The number of aromatic nitrogens is 6. The molecule has 3 heterocycles. The number of nitrogens with zero attached hydrogens (tertiary/aromatic N) is 6. The first-order chi connectivity index (χ1) is 16.8.